The normalized spacial score (nSPS) is 10.9. The zero-order chi connectivity index (χ0) is 14.1. The highest BCUT2D eigenvalue weighted by Gasteiger charge is 2.17. The Morgan fingerprint density at radius 2 is 2.35 bits per heavy atom. The van der Waals surface area contributed by atoms with Gasteiger partial charge in [-0.2, -0.15) is 0 Å². The lowest BCUT2D eigenvalue weighted by Gasteiger charge is -2.01. The molecule has 0 fully saturated rings. The summed E-state index contributed by atoms with van der Waals surface area (Å²) in [5.41, 5.74) is 1.43. The molecule has 5 nitrogen and oxygen atoms in total. The average molecular weight is 290 g/mol. The van der Waals surface area contributed by atoms with Gasteiger partial charge in [0.15, 0.2) is 5.76 Å². The number of carbonyl (C=O) groups excluding carboxylic acids is 1. The van der Waals surface area contributed by atoms with Crippen LogP contribution in [0.15, 0.2) is 35.0 Å². The number of fused-ring (bicyclic) bond motifs is 1. The largest absolute Gasteiger partial charge is 0.451 e. The van der Waals surface area contributed by atoms with Gasteiger partial charge < -0.3 is 14.7 Å². The monoisotopic (exact) mass is 289 g/mol. The summed E-state index contributed by atoms with van der Waals surface area (Å²) < 4.78 is 5.58. The van der Waals surface area contributed by atoms with Crippen LogP contribution in [0, 0.1) is 6.92 Å². The molecule has 6 heteroatoms. The number of aromatic amines is 1. The Labute approximate surface area is 120 Å². The highest BCUT2D eigenvalue weighted by Crippen LogP contribution is 2.27. The third-order valence-corrected chi connectivity index (χ3v) is 3.31. The topological polar surface area (TPSA) is 70.9 Å². The third-order valence-electron chi connectivity index (χ3n) is 3.08. The number of aryl methyl sites for hydroxylation is 1. The maximum Gasteiger partial charge on any atom is 0.287 e. The van der Waals surface area contributed by atoms with E-state index in [1.54, 1.807) is 30.6 Å². The van der Waals surface area contributed by atoms with Gasteiger partial charge in [0.05, 0.1) is 6.54 Å². The molecule has 1 aromatic carbocycles. The van der Waals surface area contributed by atoms with Gasteiger partial charge >= 0.3 is 0 Å². The standard InChI is InChI=1S/C14H12ClN3O2/c1-8-10-6-9(15)2-3-11(10)20-13(8)14(19)18-7-12-16-4-5-17-12/h2-6H,7H2,1H3,(H,16,17)(H,18,19). The molecule has 1 amide bonds. The number of H-pyrrole nitrogens is 1. The van der Waals surface area contributed by atoms with Gasteiger partial charge in [0.2, 0.25) is 0 Å². The molecule has 0 atom stereocenters. The second-order valence-corrected chi connectivity index (χ2v) is 4.85. The number of carbonyl (C=O) groups is 1. The number of hydrogen-bond acceptors (Lipinski definition) is 3. The number of furan rings is 1. The first-order valence-electron chi connectivity index (χ1n) is 6.10. The van der Waals surface area contributed by atoms with E-state index in [9.17, 15) is 4.79 Å². The first-order chi connectivity index (χ1) is 9.65. The van der Waals surface area contributed by atoms with E-state index < -0.39 is 0 Å². The molecule has 0 spiro atoms. The van der Waals surface area contributed by atoms with Gasteiger partial charge in [0, 0.05) is 28.4 Å². The second-order valence-electron chi connectivity index (χ2n) is 4.42. The fourth-order valence-corrected chi connectivity index (χ4v) is 2.22. The zero-order valence-electron chi connectivity index (χ0n) is 10.7. The minimum absolute atomic E-state index is 0.272. The summed E-state index contributed by atoms with van der Waals surface area (Å²) in [4.78, 5) is 19.1. The molecule has 3 aromatic rings. The van der Waals surface area contributed by atoms with Crippen LogP contribution >= 0.6 is 11.6 Å². The Morgan fingerprint density at radius 1 is 1.50 bits per heavy atom. The lowest BCUT2D eigenvalue weighted by Crippen LogP contribution is -2.23. The van der Waals surface area contributed by atoms with Gasteiger partial charge in [0.1, 0.15) is 11.4 Å². The number of imidazole rings is 1. The Bertz CT molecular complexity index is 762. The maximum atomic E-state index is 12.1. The summed E-state index contributed by atoms with van der Waals surface area (Å²) in [6.07, 6.45) is 3.34. The van der Waals surface area contributed by atoms with Gasteiger partial charge in [-0.25, -0.2) is 4.98 Å². The Kier molecular flexibility index (Phi) is 3.20. The molecule has 0 aliphatic rings. The molecule has 102 valence electrons. The lowest BCUT2D eigenvalue weighted by molar-refractivity contribution is 0.0923. The van der Waals surface area contributed by atoms with Crippen molar-refractivity contribution in [2.75, 3.05) is 0 Å². The molecule has 0 aliphatic carbocycles. The quantitative estimate of drug-likeness (QED) is 0.778. The van der Waals surface area contributed by atoms with Gasteiger partial charge in [-0.05, 0) is 25.1 Å². The predicted octanol–water partition coefficient (Wildman–Crippen LogP) is 3.05. The molecule has 2 aromatic heterocycles. The first-order valence-corrected chi connectivity index (χ1v) is 6.48. The van der Waals surface area contributed by atoms with Crippen LogP contribution in [0.4, 0.5) is 0 Å². The highest BCUT2D eigenvalue weighted by atomic mass is 35.5. The van der Waals surface area contributed by atoms with Crippen molar-refractivity contribution in [1.29, 1.82) is 0 Å². The summed E-state index contributed by atoms with van der Waals surface area (Å²) in [5.74, 6) is 0.718. The molecule has 0 radical (unpaired) electrons. The first kappa shape index (κ1) is 12.7. The number of benzene rings is 1. The van der Waals surface area contributed by atoms with Gasteiger partial charge in [-0.15, -0.1) is 0 Å². The van der Waals surface area contributed by atoms with Crippen molar-refractivity contribution in [1.82, 2.24) is 15.3 Å². The molecule has 0 unspecified atom stereocenters. The maximum absolute atomic E-state index is 12.1. The summed E-state index contributed by atoms with van der Waals surface area (Å²) >= 11 is 5.95. The molecule has 2 N–H and O–H groups in total. The third kappa shape index (κ3) is 2.28. The number of hydrogen-bond donors (Lipinski definition) is 2. The summed E-state index contributed by atoms with van der Waals surface area (Å²) in [7, 11) is 0. The van der Waals surface area contributed by atoms with Crippen molar-refractivity contribution in [2.24, 2.45) is 0 Å². The van der Waals surface area contributed by atoms with E-state index in [4.69, 9.17) is 16.0 Å². The molecular formula is C14H12ClN3O2. The lowest BCUT2D eigenvalue weighted by atomic mass is 10.1. The molecule has 0 aliphatic heterocycles. The molecule has 0 saturated heterocycles. The smallest absolute Gasteiger partial charge is 0.287 e. The van der Waals surface area contributed by atoms with E-state index >= 15 is 0 Å². The number of amides is 1. The van der Waals surface area contributed by atoms with Crippen molar-refractivity contribution >= 4 is 28.5 Å². The second kappa shape index (κ2) is 5.02. The SMILES string of the molecule is Cc1c(C(=O)NCc2ncc[nH]2)oc2ccc(Cl)cc12. The van der Waals surface area contributed by atoms with Crippen molar-refractivity contribution in [3.63, 3.8) is 0 Å². The summed E-state index contributed by atoms with van der Waals surface area (Å²) in [6, 6.07) is 5.28. The minimum atomic E-state index is -0.272. The van der Waals surface area contributed by atoms with Crippen molar-refractivity contribution < 1.29 is 9.21 Å². The molecule has 3 rings (SSSR count). The van der Waals surface area contributed by atoms with Crippen molar-refractivity contribution in [2.45, 2.75) is 13.5 Å². The number of rotatable bonds is 3. The van der Waals surface area contributed by atoms with Crippen LogP contribution in [0.3, 0.4) is 0 Å². The van der Waals surface area contributed by atoms with E-state index in [0.29, 0.717) is 28.7 Å². The number of nitrogens with zero attached hydrogens (tertiary/aromatic N) is 1. The summed E-state index contributed by atoms with van der Waals surface area (Å²) in [5, 5.41) is 4.22. The van der Waals surface area contributed by atoms with Crippen LogP contribution < -0.4 is 5.32 Å². The van der Waals surface area contributed by atoms with Gasteiger partial charge in [-0.1, -0.05) is 11.6 Å². The minimum Gasteiger partial charge on any atom is -0.451 e. The van der Waals surface area contributed by atoms with Crippen LogP contribution in [0.2, 0.25) is 5.02 Å². The fraction of sp³-hybridized carbons (Fsp3) is 0.143. The Morgan fingerprint density at radius 3 is 3.10 bits per heavy atom. The molecular weight excluding hydrogens is 278 g/mol. The van der Waals surface area contributed by atoms with Crippen LogP contribution in [0.1, 0.15) is 21.9 Å². The number of nitrogens with one attached hydrogen (secondary N) is 2. The Balaban J connectivity index is 1.86. The van der Waals surface area contributed by atoms with Crippen molar-refractivity contribution in [3.8, 4) is 0 Å². The number of halogens is 1. The summed E-state index contributed by atoms with van der Waals surface area (Å²) in [6.45, 7) is 2.16. The van der Waals surface area contributed by atoms with Crippen molar-refractivity contribution in [3.05, 3.63) is 52.8 Å². The van der Waals surface area contributed by atoms with Crippen LogP contribution in [-0.2, 0) is 6.54 Å². The van der Waals surface area contributed by atoms with Gasteiger partial charge in [0.25, 0.3) is 5.91 Å². The fourth-order valence-electron chi connectivity index (χ4n) is 2.05. The molecule has 20 heavy (non-hydrogen) atoms. The highest BCUT2D eigenvalue weighted by molar-refractivity contribution is 6.31. The van der Waals surface area contributed by atoms with E-state index in [1.807, 2.05) is 6.92 Å². The number of aromatic nitrogens is 2. The van der Waals surface area contributed by atoms with E-state index in [-0.39, 0.29) is 5.91 Å². The average Bonchev–Trinajstić information content (AvgIpc) is 3.05. The predicted molar refractivity (Wildman–Crippen MR) is 75.7 cm³/mol. The van der Waals surface area contributed by atoms with Crippen LogP contribution in [0.25, 0.3) is 11.0 Å². The van der Waals surface area contributed by atoms with E-state index in [1.165, 1.54) is 0 Å². The van der Waals surface area contributed by atoms with Crippen LogP contribution in [-0.4, -0.2) is 15.9 Å². The zero-order valence-corrected chi connectivity index (χ0v) is 11.5. The molecule has 0 bridgehead atoms. The van der Waals surface area contributed by atoms with Crippen LogP contribution in [0.5, 0.6) is 0 Å². The molecule has 0 saturated carbocycles. The Hall–Kier alpha value is -2.27. The van der Waals surface area contributed by atoms with E-state index in [2.05, 4.69) is 15.3 Å². The van der Waals surface area contributed by atoms with Gasteiger partial charge in [-0.3, -0.25) is 4.79 Å². The van der Waals surface area contributed by atoms with E-state index in [0.717, 1.165) is 10.9 Å². The molecule has 2 heterocycles.